The molecule has 0 atom stereocenters. The molecule has 6 nitrogen and oxygen atoms in total. The summed E-state index contributed by atoms with van der Waals surface area (Å²) in [6.07, 6.45) is 2.96. The average molecular weight is 279 g/mol. The lowest BCUT2D eigenvalue weighted by molar-refractivity contribution is 0.0949. The van der Waals surface area contributed by atoms with Gasteiger partial charge in [-0.1, -0.05) is 11.6 Å². The zero-order chi connectivity index (χ0) is 13.8. The smallest absolute Gasteiger partial charge is 0.291 e. The number of hydrogen-bond acceptors (Lipinski definition) is 4. The number of hydrogen-bond donors (Lipinski definition) is 2. The van der Waals surface area contributed by atoms with E-state index in [1.54, 1.807) is 25.4 Å². The van der Waals surface area contributed by atoms with E-state index in [1.807, 2.05) is 0 Å². The molecule has 0 fully saturated rings. The van der Waals surface area contributed by atoms with E-state index in [1.165, 1.54) is 23.0 Å². The summed E-state index contributed by atoms with van der Waals surface area (Å²) in [5.41, 5.74) is 2.98. The lowest BCUT2D eigenvalue weighted by atomic mass is 10.2. The molecule has 0 saturated carbocycles. The Morgan fingerprint density at radius 1 is 1.53 bits per heavy atom. The van der Waals surface area contributed by atoms with Crippen molar-refractivity contribution in [1.82, 2.24) is 15.2 Å². The number of carbonyl (C=O) groups excluding carboxylic acids is 1. The third kappa shape index (κ3) is 3.32. The van der Waals surface area contributed by atoms with Crippen LogP contribution in [0.2, 0.25) is 5.02 Å². The van der Waals surface area contributed by atoms with Crippen LogP contribution in [0.25, 0.3) is 0 Å². The molecule has 0 aliphatic heterocycles. The molecule has 0 saturated heterocycles. The number of rotatable bonds is 3. The standard InChI is InChI=1S/C12H11ClN4O2/c1-17-5-4-10(16-17)12(19)15-14-7-8-6-9(13)2-3-11(8)18/h2-7,18H,1H3,(H,15,19)/b14-7-. The van der Waals surface area contributed by atoms with E-state index in [0.29, 0.717) is 10.6 Å². The lowest BCUT2D eigenvalue weighted by Crippen LogP contribution is -2.18. The minimum Gasteiger partial charge on any atom is -0.507 e. The molecule has 0 spiro atoms. The molecular weight excluding hydrogens is 268 g/mol. The normalized spacial score (nSPS) is 10.8. The highest BCUT2D eigenvalue weighted by molar-refractivity contribution is 6.30. The first-order valence-corrected chi connectivity index (χ1v) is 5.75. The molecule has 7 heteroatoms. The number of carbonyl (C=O) groups is 1. The van der Waals surface area contributed by atoms with Crippen LogP contribution in [0.4, 0.5) is 0 Å². The zero-order valence-corrected chi connectivity index (χ0v) is 10.8. The summed E-state index contributed by atoms with van der Waals surface area (Å²) in [5.74, 6) is -0.404. The Morgan fingerprint density at radius 2 is 2.32 bits per heavy atom. The van der Waals surface area contributed by atoms with Crippen molar-refractivity contribution < 1.29 is 9.90 Å². The molecule has 0 radical (unpaired) electrons. The van der Waals surface area contributed by atoms with Crippen molar-refractivity contribution in [3.8, 4) is 5.75 Å². The van der Waals surface area contributed by atoms with Gasteiger partial charge >= 0.3 is 0 Å². The molecule has 1 amide bonds. The maximum Gasteiger partial charge on any atom is 0.291 e. The number of aromatic hydroxyl groups is 1. The number of amides is 1. The van der Waals surface area contributed by atoms with E-state index in [-0.39, 0.29) is 11.4 Å². The summed E-state index contributed by atoms with van der Waals surface area (Å²) in [4.78, 5) is 11.6. The molecule has 1 heterocycles. The minimum atomic E-state index is -0.432. The third-order valence-corrected chi connectivity index (χ3v) is 2.54. The number of aromatic nitrogens is 2. The van der Waals surface area contributed by atoms with Gasteiger partial charge < -0.3 is 5.11 Å². The Labute approximate surface area is 114 Å². The summed E-state index contributed by atoms with van der Waals surface area (Å²) in [7, 11) is 1.71. The van der Waals surface area contributed by atoms with E-state index in [4.69, 9.17) is 11.6 Å². The summed E-state index contributed by atoms with van der Waals surface area (Å²) < 4.78 is 1.52. The molecule has 1 aromatic heterocycles. The van der Waals surface area contributed by atoms with Gasteiger partial charge in [0.2, 0.25) is 0 Å². The van der Waals surface area contributed by atoms with E-state index in [9.17, 15) is 9.90 Å². The third-order valence-electron chi connectivity index (χ3n) is 2.31. The van der Waals surface area contributed by atoms with Gasteiger partial charge in [-0.3, -0.25) is 9.48 Å². The first kappa shape index (κ1) is 13.1. The van der Waals surface area contributed by atoms with Crippen LogP contribution in [-0.4, -0.2) is 27.0 Å². The molecule has 1 aromatic carbocycles. The lowest BCUT2D eigenvalue weighted by Gasteiger charge is -1.99. The summed E-state index contributed by atoms with van der Waals surface area (Å²) in [5, 5.41) is 17.7. The second kappa shape index (κ2) is 5.53. The molecule has 2 rings (SSSR count). The average Bonchev–Trinajstić information content (AvgIpc) is 2.80. The number of nitrogens with zero attached hydrogens (tertiary/aromatic N) is 3. The highest BCUT2D eigenvalue weighted by Gasteiger charge is 2.07. The molecule has 0 unspecified atom stereocenters. The second-order valence-electron chi connectivity index (χ2n) is 3.78. The van der Waals surface area contributed by atoms with Crippen molar-refractivity contribution in [3.05, 3.63) is 46.7 Å². The van der Waals surface area contributed by atoms with E-state index < -0.39 is 5.91 Å². The molecular formula is C12H11ClN4O2. The van der Waals surface area contributed by atoms with Gasteiger partial charge in [0.05, 0.1) is 6.21 Å². The fourth-order valence-electron chi connectivity index (χ4n) is 1.38. The molecule has 2 N–H and O–H groups in total. The van der Waals surface area contributed by atoms with Gasteiger partial charge in [0, 0.05) is 23.8 Å². The summed E-state index contributed by atoms with van der Waals surface area (Å²) in [6, 6.07) is 6.11. The number of phenols is 1. The quantitative estimate of drug-likeness (QED) is 0.660. The fourth-order valence-corrected chi connectivity index (χ4v) is 1.56. The van der Waals surface area contributed by atoms with Crippen molar-refractivity contribution in [3.63, 3.8) is 0 Å². The number of halogens is 1. The number of nitrogens with one attached hydrogen (secondary N) is 1. The SMILES string of the molecule is Cn1ccc(C(=O)N/N=C\c2cc(Cl)ccc2O)n1. The molecule has 19 heavy (non-hydrogen) atoms. The molecule has 98 valence electrons. The predicted octanol–water partition coefficient (Wildman–Crippen LogP) is 1.54. The first-order chi connectivity index (χ1) is 9.06. The maximum absolute atomic E-state index is 11.6. The molecule has 0 aliphatic rings. The Morgan fingerprint density at radius 3 is 3.00 bits per heavy atom. The van der Waals surface area contributed by atoms with Crippen LogP contribution >= 0.6 is 11.6 Å². The highest BCUT2D eigenvalue weighted by Crippen LogP contribution is 2.19. The fraction of sp³-hybridized carbons (Fsp3) is 0.0833. The Bertz CT molecular complexity index is 636. The molecule has 0 aliphatic carbocycles. The van der Waals surface area contributed by atoms with Gasteiger partial charge in [0.1, 0.15) is 5.75 Å². The number of aryl methyl sites for hydroxylation is 1. The number of hydrazone groups is 1. The van der Waals surface area contributed by atoms with Gasteiger partial charge in [0.15, 0.2) is 5.69 Å². The van der Waals surface area contributed by atoms with Crippen LogP contribution in [-0.2, 0) is 7.05 Å². The van der Waals surface area contributed by atoms with Crippen molar-refractivity contribution in [2.45, 2.75) is 0 Å². The zero-order valence-electron chi connectivity index (χ0n) is 10.0. The van der Waals surface area contributed by atoms with Gasteiger partial charge in [-0.15, -0.1) is 0 Å². The van der Waals surface area contributed by atoms with E-state index in [2.05, 4.69) is 15.6 Å². The molecule has 0 bridgehead atoms. The first-order valence-electron chi connectivity index (χ1n) is 5.38. The van der Waals surface area contributed by atoms with E-state index in [0.717, 1.165) is 0 Å². The molecule has 2 aromatic rings. The minimum absolute atomic E-state index is 0.0280. The van der Waals surface area contributed by atoms with Crippen molar-refractivity contribution in [2.24, 2.45) is 12.1 Å². The monoisotopic (exact) mass is 278 g/mol. The van der Waals surface area contributed by atoms with Crippen LogP contribution in [0.3, 0.4) is 0 Å². The van der Waals surface area contributed by atoms with Gasteiger partial charge in [-0.2, -0.15) is 10.2 Å². The topological polar surface area (TPSA) is 79.5 Å². The predicted molar refractivity (Wildman–Crippen MR) is 71.4 cm³/mol. The Kier molecular flexibility index (Phi) is 3.82. The highest BCUT2D eigenvalue weighted by atomic mass is 35.5. The van der Waals surface area contributed by atoms with Crippen LogP contribution in [0, 0.1) is 0 Å². The number of benzene rings is 1. The van der Waals surface area contributed by atoms with Crippen LogP contribution in [0.5, 0.6) is 5.75 Å². The van der Waals surface area contributed by atoms with Crippen LogP contribution in [0.15, 0.2) is 35.6 Å². The van der Waals surface area contributed by atoms with Crippen molar-refractivity contribution in [2.75, 3.05) is 0 Å². The van der Waals surface area contributed by atoms with Crippen LogP contribution < -0.4 is 5.43 Å². The summed E-state index contributed by atoms with van der Waals surface area (Å²) >= 11 is 5.78. The Hall–Kier alpha value is -2.34. The second-order valence-corrected chi connectivity index (χ2v) is 4.21. The number of phenolic OH excluding ortho intramolecular Hbond substituents is 1. The Balaban J connectivity index is 2.04. The van der Waals surface area contributed by atoms with Gasteiger partial charge in [0.25, 0.3) is 5.91 Å². The maximum atomic E-state index is 11.6. The van der Waals surface area contributed by atoms with Crippen molar-refractivity contribution in [1.29, 1.82) is 0 Å². The van der Waals surface area contributed by atoms with Crippen molar-refractivity contribution >= 4 is 23.7 Å². The van der Waals surface area contributed by atoms with E-state index >= 15 is 0 Å². The van der Waals surface area contributed by atoms with Crippen LogP contribution in [0.1, 0.15) is 16.1 Å². The summed E-state index contributed by atoms with van der Waals surface area (Å²) in [6.45, 7) is 0. The largest absolute Gasteiger partial charge is 0.507 e. The van der Waals surface area contributed by atoms with Gasteiger partial charge in [-0.05, 0) is 24.3 Å². The van der Waals surface area contributed by atoms with Gasteiger partial charge in [-0.25, -0.2) is 5.43 Å².